The summed E-state index contributed by atoms with van der Waals surface area (Å²) in [6, 6.07) is 0. The normalized spacial score (nSPS) is 13.0. The first-order valence-corrected chi connectivity index (χ1v) is 3.46. The lowest BCUT2D eigenvalue weighted by Crippen LogP contribution is -1.73. The van der Waals surface area contributed by atoms with Gasteiger partial charge in [-0.2, -0.15) is 0 Å². The Morgan fingerprint density at radius 1 is 1.56 bits per heavy atom. The summed E-state index contributed by atoms with van der Waals surface area (Å²) in [6.45, 7) is 6.15. The molecular weight excluding hydrogens is 110 g/mol. The van der Waals surface area contributed by atoms with E-state index in [-0.39, 0.29) is 0 Å². The van der Waals surface area contributed by atoms with Gasteiger partial charge in [-0.1, -0.05) is 19.4 Å². The molecule has 0 rings (SSSR count). The summed E-state index contributed by atoms with van der Waals surface area (Å²) in [5.41, 5.74) is 1.10. The predicted molar refractivity (Wildman–Crippen MR) is 42.8 cm³/mol. The average molecular weight is 125 g/mol. The van der Waals surface area contributed by atoms with Gasteiger partial charge in [-0.3, -0.25) is 4.99 Å². The molecule has 0 N–H and O–H groups in total. The smallest absolute Gasteiger partial charge is 0.0326 e. The highest BCUT2D eigenvalue weighted by atomic mass is 14.7. The summed E-state index contributed by atoms with van der Waals surface area (Å²) >= 11 is 0. The standard InChI is InChI=1S/C8H15N/c1-4-6-7-9-8(3)5-2/h5,7H,4,6H2,1-3H3. The van der Waals surface area contributed by atoms with Crippen LogP contribution >= 0.6 is 0 Å². The zero-order chi connectivity index (χ0) is 7.11. The van der Waals surface area contributed by atoms with Crippen molar-refractivity contribution in [3.8, 4) is 0 Å². The quantitative estimate of drug-likeness (QED) is 0.514. The number of allylic oxidation sites excluding steroid dienone is 2. The van der Waals surface area contributed by atoms with Crippen molar-refractivity contribution in [3.63, 3.8) is 0 Å². The van der Waals surface area contributed by atoms with Crippen LogP contribution in [0.4, 0.5) is 0 Å². The van der Waals surface area contributed by atoms with Crippen molar-refractivity contribution in [3.05, 3.63) is 11.8 Å². The van der Waals surface area contributed by atoms with Crippen LogP contribution in [-0.2, 0) is 0 Å². The third-order valence-electron chi connectivity index (χ3n) is 1.13. The maximum Gasteiger partial charge on any atom is 0.0326 e. The minimum atomic E-state index is 1.09. The number of hydrogen-bond donors (Lipinski definition) is 0. The summed E-state index contributed by atoms with van der Waals surface area (Å²) in [5, 5.41) is 0. The molecule has 0 saturated heterocycles. The van der Waals surface area contributed by atoms with Gasteiger partial charge in [0.05, 0.1) is 0 Å². The van der Waals surface area contributed by atoms with Crippen LogP contribution < -0.4 is 0 Å². The van der Waals surface area contributed by atoms with E-state index >= 15 is 0 Å². The van der Waals surface area contributed by atoms with E-state index in [1.807, 2.05) is 26.1 Å². The molecule has 0 aromatic rings. The van der Waals surface area contributed by atoms with Gasteiger partial charge >= 0.3 is 0 Å². The van der Waals surface area contributed by atoms with Gasteiger partial charge in [0.25, 0.3) is 0 Å². The van der Waals surface area contributed by atoms with Gasteiger partial charge in [-0.05, 0) is 20.3 Å². The SMILES string of the molecule is CC=C(C)N=CCCC. The summed E-state index contributed by atoms with van der Waals surface area (Å²) in [4.78, 5) is 4.17. The maximum absolute atomic E-state index is 4.17. The van der Waals surface area contributed by atoms with E-state index in [4.69, 9.17) is 0 Å². The van der Waals surface area contributed by atoms with Gasteiger partial charge in [0.2, 0.25) is 0 Å². The van der Waals surface area contributed by atoms with Crippen LogP contribution in [0.25, 0.3) is 0 Å². The molecule has 0 aliphatic rings. The summed E-state index contributed by atoms with van der Waals surface area (Å²) in [6.07, 6.45) is 6.24. The zero-order valence-electron chi connectivity index (χ0n) is 6.52. The van der Waals surface area contributed by atoms with E-state index in [0.717, 1.165) is 12.1 Å². The van der Waals surface area contributed by atoms with E-state index in [1.165, 1.54) is 6.42 Å². The highest BCUT2D eigenvalue weighted by Crippen LogP contribution is 1.92. The Morgan fingerprint density at radius 3 is 2.67 bits per heavy atom. The monoisotopic (exact) mass is 125 g/mol. The molecule has 0 atom stereocenters. The first-order chi connectivity index (χ1) is 4.31. The van der Waals surface area contributed by atoms with Crippen molar-refractivity contribution in [2.75, 3.05) is 0 Å². The van der Waals surface area contributed by atoms with Gasteiger partial charge in [0.15, 0.2) is 0 Å². The molecule has 0 fully saturated rings. The molecule has 0 heterocycles. The topological polar surface area (TPSA) is 12.4 Å². The minimum Gasteiger partial charge on any atom is -0.266 e. The van der Waals surface area contributed by atoms with Crippen molar-refractivity contribution in [2.45, 2.75) is 33.6 Å². The third-order valence-corrected chi connectivity index (χ3v) is 1.13. The molecular formula is C8H15N. The minimum absolute atomic E-state index is 1.09. The third kappa shape index (κ3) is 5.28. The second kappa shape index (κ2) is 5.54. The molecule has 1 heteroatoms. The highest BCUT2D eigenvalue weighted by Gasteiger charge is 1.76. The Balaban J connectivity index is 3.45. The van der Waals surface area contributed by atoms with Crippen LogP contribution in [0, 0.1) is 0 Å². The highest BCUT2D eigenvalue weighted by molar-refractivity contribution is 5.58. The molecule has 0 aromatic carbocycles. The van der Waals surface area contributed by atoms with Crippen molar-refractivity contribution in [1.29, 1.82) is 0 Å². The Morgan fingerprint density at radius 2 is 2.22 bits per heavy atom. The summed E-state index contributed by atoms with van der Waals surface area (Å²) < 4.78 is 0. The number of rotatable bonds is 3. The zero-order valence-corrected chi connectivity index (χ0v) is 6.52. The fourth-order valence-electron chi connectivity index (χ4n) is 0.412. The van der Waals surface area contributed by atoms with Gasteiger partial charge < -0.3 is 0 Å². The van der Waals surface area contributed by atoms with Crippen molar-refractivity contribution in [2.24, 2.45) is 4.99 Å². The fraction of sp³-hybridized carbons (Fsp3) is 0.625. The van der Waals surface area contributed by atoms with Crippen LogP contribution in [0.2, 0.25) is 0 Å². The second-order valence-electron chi connectivity index (χ2n) is 2.03. The molecule has 0 spiro atoms. The van der Waals surface area contributed by atoms with E-state index in [2.05, 4.69) is 11.9 Å². The van der Waals surface area contributed by atoms with E-state index in [9.17, 15) is 0 Å². The number of hydrogen-bond acceptors (Lipinski definition) is 1. The van der Waals surface area contributed by atoms with Crippen LogP contribution in [0.1, 0.15) is 33.6 Å². The van der Waals surface area contributed by atoms with E-state index in [1.54, 1.807) is 0 Å². The second-order valence-corrected chi connectivity index (χ2v) is 2.03. The van der Waals surface area contributed by atoms with E-state index < -0.39 is 0 Å². The molecule has 0 aliphatic heterocycles. The van der Waals surface area contributed by atoms with Gasteiger partial charge in [0.1, 0.15) is 0 Å². The number of nitrogens with zero attached hydrogens (tertiary/aromatic N) is 1. The Hall–Kier alpha value is -0.590. The van der Waals surface area contributed by atoms with Crippen molar-refractivity contribution >= 4 is 6.21 Å². The molecule has 1 nitrogen and oxygen atoms in total. The molecule has 0 amide bonds. The lowest BCUT2D eigenvalue weighted by atomic mass is 10.4. The molecule has 0 saturated carbocycles. The van der Waals surface area contributed by atoms with Gasteiger partial charge in [0, 0.05) is 11.9 Å². The lowest BCUT2D eigenvalue weighted by molar-refractivity contribution is 1.00. The van der Waals surface area contributed by atoms with Crippen molar-refractivity contribution in [1.82, 2.24) is 0 Å². The fourth-order valence-corrected chi connectivity index (χ4v) is 0.412. The van der Waals surface area contributed by atoms with Crippen LogP contribution in [0.3, 0.4) is 0 Å². The Bertz CT molecular complexity index is 112. The molecule has 0 unspecified atom stereocenters. The van der Waals surface area contributed by atoms with Gasteiger partial charge in [-0.15, -0.1) is 0 Å². The predicted octanol–water partition coefficient (Wildman–Crippen LogP) is 2.78. The van der Waals surface area contributed by atoms with Crippen molar-refractivity contribution < 1.29 is 0 Å². The lowest BCUT2D eigenvalue weighted by Gasteiger charge is -1.86. The van der Waals surface area contributed by atoms with Crippen LogP contribution in [0.5, 0.6) is 0 Å². The van der Waals surface area contributed by atoms with E-state index in [0.29, 0.717) is 0 Å². The largest absolute Gasteiger partial charge is 0.266 e. The van der Waals surface area contributed by atoms with Gasteiger partial charge in [-0.25, -0.2) is 0 Å². The number of aliphatic imine (C=N–C) groups is 1. The maximum atomic E-state index is 4.17. The molecule has 0 aromatic heterocycles. The van der Waals surface area contributed by atoms with Crippen LogP contribution in [-0.4, -0.2) is 6.21 Å². The molecule has 0 radical (unpaired) electrons. The molecule has 0 bridgehead atoms. The molecule has 9 heavy (non-hydrogen) atoms. The van der Waals surface area contributed by atoms with Crippen LogP contribution in [0.15, 0.2) is 16.8 Å². The Labute approximate surface area is 57.5 Å². The summed E-state index contributed by atoms with van der Waals surface area (Å²) in [7, 11) is 0. The first kappa shape index (κ1) is 8.41. The molecule has 0 aliphatic carbocycles. The summed E-state index contributed by atoms with van der Waals surface area (Å²) in [5.74, 6) is 0. The first-order valence-electron chi connectivity index (χ1n) is 3.46. The number of unbranched alkanes of at least 4 members (excludes halogenated alkanes) is 1. The average Bonchev–Trinajstić information content (AvgIpc) is 1.89. The molecule has 52 valence electrons. The Kier molecular flexibility index (Phi) is 5.18.